The van der Waals surface area contributed by atoms with E-state index >= 15 is 0 Å². The molecule has 12 heteroatoms. The number of fused-ring (bicyclic) bond motifs is 8. The Morgan fingerprint density at radius 2 is 0.800 bits per heavy atom. The van der Waals surface area contributed by atoms with E-state index in [4.69, 9.17) is 48.4 Å². The first-order valence-corrected chi connectivity index (χ1v) is 30.7. The van der Waals surface area contributed by atoms with Crippen LogP contribution in [0.5, 0.6) is 34.5 Å². The molecular formula is C78H79N5O6Pd. The summed E-state index contributed by atoms with van der Waals surface area (Å²) in [5.74, 6) is 3.12. The van der Waals surface area contributed by atoms with Gasteiger partial charge in [-0.3, -0.25) is 0 Å². The minimum Gasteiger partial charge on any atom is -0.657 e. The molecule has 0 spiro atoms. The molecule has 0 amide bonds. The second-order valence-electron chi connectivity index (χ2n) is 22.8. The maximum absolute atomic E-state index is 6.07. The summed E-state index contributed by atoms with van der Waals surface area (Å²) in [5, 5.41) is 0. The van der Waals surface area contributed by atoms with Gasteiger partial charge in [0, 0.05) is 17.1 Å². The van der Waals surface area contributed by atoms with Crippen molar-refractivity contribution in [2.75, 3.05) is 47.6 Å². The molecule has 6 aromatic carbocycles. The molecule has 2 aliphatic rings. The van der Waals surface area contributed by atoms with Gasteiger partial charge in [0.2, 0.25) is 11.5 Å². The molecule has 0 unspecified atom stereocenters. The van der Waals surface area contributed by atoms with Gasteiger partial charge in [-0.1, -0.05) is 140 Å². The zero-order chi connectivity index (χ0) is 62.9. The number of aryl methyl sites for hydroxylation is 6. The van der Waals surface area contributed by atoms with E-state index in [1.165, 1.54) is 11.1 Å². The summed E-state index contributed by atoms with van der Waals surface area (Å²) >= 11 is 0. The van der Waals surface area contributed by atoms with Crippen LogP contribution in [0.3, 0.4) is 0 Å². The van der Waals surface area contributed by atoms with Crippen LogP contribution in [0.25, 0.3) is 89.9 Å². The van der Waals surface area contributed by atoms with Crippen LogP contribution < -0.4 is 43.3 Å². The van der Waals surface area contributed by atoms with Crippen molar-refractivity contribution in [3.63, 3.8) is 0 Å². The molecule has 5 heterocycles. The molecule has 3 aromatic heterocycles. The Morgan fingerprint density at radius 1 is 0.400 bits per heavy atom. The zero-order valence-corrected chi connectivity index (χ0v) is 56.2. The van der Waals surface area contributed by atoms with Crippen molar-refractivity contribution < 1.29 is 48.8 Å². The van der Waals surface area contributed by atoms with E-state index in [9.17, 15) is 0 Å². The number of ether oxygens (including phenoxy) is 6. The van der Waals surface area contributed by atoms with Gasteiger partial charge in [0.05, 0.1) is 65.4 Å². The van der Waals surface area contributed by atoms with Gasteiger partial charge in [-0.25, -0.2) is 9.97 Å². The minimum atomic E-state index is 0. The molecule has 462 valence electrons. The molecule has 90 heavy (non-hydrogen) atoms. The molecule has 0 aliphatic carbocycles. The molecule has 0 saturated carbocycles. The maximum Gasteiger partial charge on any atom is 2.00 e. The summed E-state index contributed by atoms with van der Waals surface area (Å²) in [6.07, 6.45) is 7.21. The van der Waals surface area contributed by atoms with Crippen LogP contribution in [0.2, 0.25) is 0 Å². The minimum absolute atomic E-state index is 0. The normalized spacial score (nSPS) is 12.2. The Balaban J connectivity index is 0.00000891. The first-order chi connectivity index (χ1) is 43.1. The maximum atomic E-state index is 6.07. The van der Waals surface area contributed by atoms with E-state index in [1.54, 1.807) is 42.7 Å². The van der Waals surface area contributed by atoms with Gasteiger partial charge in [0.25, 0.3) is 0 Å². The van der Waals surface area contributed by atoms with Crippen molar-refractivity contribution in [1.29, 1.82) is 0 Å². The second-order valence-corrected chi connectivity index (χ2v) is 22.8. The van der Waals surface area contributed by atoms with E-state index in [-0.39, 0.29) is 20.4 Å². The van der Waals surface area contributed by atoms with E-state index < -0.39 is 0 Å². The van der Waals surface area contributed by atoms with Gasteiger partial charge in [-0.05, 0) is 195 Å². The number of aromatic nitrogens is 4. The summed E-state index contributed by atoms with van der Waals surface area (Å²) in [6, 6.07) is 45.2. The molecule has 11 rings (SSSR count). The number of rotatable bonds is 18. The summed E-state index contributed by atoms with van der Waals surface area (Å²) < 4.78 is 36.1. The van der Waals surface area contributed by atoms with Gasteiger partial charge in [0.15, 0.2) is 23.0 Å². The standard InChI is InChI=1S/C78H79N5O6.Pd/c1-17-58-46(7)71-69(53-39-64(84-11)77(88-15)65(40-53)85-12)73-48(9)60(19-3)75(81-73)68(52-31-27-50(28-32-52)25-26-51-29-37-57(38-30-51)83(55-33-21-44(5)22-34-55)56-35-23-45(6)24-36-56)76-61(20-4)49(10)74(82-76)70(54-41-66(86-13)78(89-16)67(42-54)87-14)72-47(8)59(18-2)63(80-72)43-62(58)79-71;/h21-43H,17-20H2,1-16H3;/q-2;+2/b26-25+,62-43?,63-43?,71-69?,72-70?,73-69?,74-70?,75-68?,76-68?;. The summed E-state index contributed by atoms with van der Waals surface area (Å²) in [4.78, 5) is 25.6. The van der Waals surface area contributed by atoms with Crippen LogP contribution in [-0.2, 0) is 33.3 Å². The molecule has 11 nitrogen and oxygen atoms in total. The molecule has 9 aromatic rings. The number of hydrogen-bond donors (Lipinski definition) is 0. The molecule has 0 N–H and O–H groups in total. The third-order valence-electron chi connectivity index (χ3n) is 17.8. The summed E-state index contributed by atoms with van der Waals surface area (Å²) in [6.45, 7) is 21.8. The molecule has 8 bridgehead atoms. The SMILES string of the molecule is CCC1=C(C)c2nc1cc1[n-]c(c(C)c1CC)c(-c1cc(OC)c(OC)c(OC)c1)c1nc(c(-c3ccc(/C=C/c4ccc(N(c5ccc(C)cc5)c5ccc(C)cc5)cc4)cc3)c3[n-]c(c(C)c3CC)c2-c2cc(OC)c(OC)c(OC)c2)C(CC)=C1C.[Pd+2]. The van der Waals surface area contributed by atoms with Crippen LogP contribution in [0.15, 0.2) is 127 Å². The van der Waals surface area contributed by atoms with Crippen LogP contribution in [0.1, 0.15) is 122 Å². The summed E-state index contributed by atoms with van der Waals surface area (Å²) in [7, 11) is 9.86. The Morgan fingerprint density at radius 3 is 1.23 bits per heavy atom. The largest absolute Gasteiger partial charge is 2.00 e. The van der Waals surface area contributed by atoms with Crippen LogP contribution >= 0.6 is 0 Å². The Bertz CT molecular complexity index is 4320. The number of methoxy groups -OCH3 is 6. The number of allylic oxidation sites excluding steroid dienone is 4. The van der Waals surface area contributed by atoms with Crippen LogP contribution in [-0.4, -0.2) is 52.6 Å². The quantitative estimate of drug-likeness (QED) is 0.0604. The van der Waals surface area contributed by atoms with Crippen molar-refractivity contribution >= 4 is 73.6 Å². The predicted molar refractivity (Wildman–Crippen MR) is 368 cm³/mol. The third kappa shape index (κ3) is 11.5. The fourth-order valence-electron chi connectivity index (χ4n) is 13.0. The monoisotopic (exact) mass is 1290 g/mol. The molecule has 0 saturated heterocycles. The van der Waals surface area contributed by atoms with Crippen LogP contribution in [0, 0.1) is 27.7 Å². The van der Waals surface area contributed by atoms with Gasteiger partial charge in [-0.15, -0.1) is 22.1 Å². The number of hydrogen-bond acceptors (Lipinski definition) is 9. The second kappa shape index (κ2) is 26.9. The van der Waals surface area contributed by atoms with Gasteiger partial charge in [-0.2, -0.15) is 0 Å². The zero-order valence-electron chi connectivity index (χ0n) is 54.6. The number of benzene rings is 6. The van der Waals surface area contributed by atoms with Crippen molar-refractivity contribution in [1.82, 2.24) is 19.9 Å². The summed E-state index contributed by atoms with van der Waals surface area (Å²) in [5.41, 5.74) is 28.5. The van der Waals surface area contributed by atoms with E-state index in [1.807, 2.05) is 24.3 Å². The smallest absolute Gasteiger partial charge is 0.657 e. The topological polar surface area (TPSA) is 113 Å². The van der Waals surface area contributed by atoms with Crippen molar-refractivity contribution in [2.45, 2.75) is 94.9 Å². The molecular weight excluding hydrogens is 1210 g/mol. The van der Waals surface area contributed by atoms with Gasteiger partial charge in [0.1, 0.15) is 0 Å². The Labute approximate surface area is 544 Å². The van der Waals surface area contributed by atoms with Gasteiger partial charge < -0.3 is 43.3 Å². The van der Waals surface area contributed by atoms with Gasteiger partial charge >= 0.3 is 20.4 Å². The average Bonchev–Trinajstić information content (AvgIpc) is 1.58. The fraction of sp³-hybridized carbons (Fsp3) is 0.256. The molecule has 2 aliphatic heterocycles. The molecule has 0 fully saturated rings. The van der Waals surface area contributed by atoms with Crippen molar-refractivity contribution in [3.8, 4) is 67.9 Å². The average molecular weight is 1290 g/mol. The number of nitrogens with zero attached hydrogens (tertiary/aromatic N) is 5. The first kappa shape index (κ1) is 63.9. The van der Waals surface area contributed by atoms with E-state index in [2.05, 4.69) is 189 Å². The first-order valence-electron chi connectivity index (χ1n) is 30.7. The fourth-order valence-corrected chi connectivity index (χ4v) is 13.0. The Hall–Kier alpha value is -9.08. The van der Waals surface area contributed by atoms with Crippen molar-refractivity contribution in [2.24, 2.45) is 0 Å². The number of anilines is 3. The van der Waals surface area contributed by atoms with Crippen molar-refractivity contribution in [3.05, 3.63) is 195 Å². The van der Waals surface area contributed by atoms with E-state index in [0.717, 1.165) is 164 Å². The van der Waals surface area contributed by atoms with E-state index in [0.29, 0.717) is 47.3 Å². The molecule has 0 radical (unpaired) electrons. The predicted octanol–water partition coefficient (Wildman–Crippen LogP) is 19.3. The molecule has 0 atom stereocenters. The Kier molecular flexibility index (Phi) is 19.1. The van der Waals surface area contributed by atoms with Crippen LogP contribution in [0.4, 0.5) is 17.1 Å². The third-order valence-corrected chi connectivity index (χ3v) is 17.8.